The molecule has 1 aliphatic carbocycles. The number of likely N-dealkylation sites (tertiary alicyclic amines) is 1. The molecule has 28 heavy (non-hydrogen) atoms. The van der Waals surface area contributed by atoms with Crippen LogP contribution in [0, 0.1) is 0 Å². The summed E-state index contributed by atoms with van der Waals surface area (Å²) in [5.74, 6) is -1.32. The zero-order valence-corrected chi connectivity index (χ0v) is 15.3. The van der Waals surface area contributed by atoms with E-state index in [4.69, 9.17) is 4.42 Å². The van der Waals surface area contributed by atoms with Crippen molar-refractivity contribution in [2.24, 2.45) is 0 Å². The third-order valence-corrected chi connectivity index (χ3v) is 5.58. The molecule has 7 nitrogen and oxygen atoms in total. The van der Waals surface area contributed by atoms with Gasteiger partial charge in [-0.25, -0.2) is 0 Å². The number of nitrogens with zero attached hydrogens (tertiary/aromatic N) is 1. The van der Waals surface area contributed by atoms with E-state index < -0.39 is 11.5 Å². The molecule has 0 bridgehead atoms. The summed E-state index contributed by atoms with van der Waals surface area (Å²) in [7, 11) is 1.88. The van der Waals surface area contributed by atoms with Crippen LogP contribution in [0.4, 0.5) is 0 Å². The topological polar surface area (TPSA) is 114 Å². The smallest absolute Gasteiger partial charge is 0.202 e. The van der Waals surface area contributed by atoms with Gasteiger partial charge in [0.2, 0.25) is 5.75 Å². The summed E-state index contributed by atoms with van der Waals surface area (Å²) in [5, 5.41) is 41.0. The first-order valence-electron chi connectivity index (χ1n) is 9.05. The van der Waals surface area contributed by atoms with Gasteiger partial charge in [0.15, 0.2) is 16.9 Å². The molecule has 0 saturated carbocycles. The molecule has 0 amide bonds. The number of fused-ring (bicyclic) bond motifs is 1. The third-order valence-electron chi connectivity index (χ3n) is 5.58. The molecule has 2 unspecified atom stereocenters. The van der Waals surface area contributed by atoms with E-state index in [1.807, 2.05) is 11.9 Å². The van der Waals surface area contributed by atoms with Gasteiger partial charge in [-0.05, 0) is 44.3 Å². The van der Waals surface area contributed by atoms with Crippen molar-refractivity contribution >= 4 is 0 Å². The second-order valence-corrected chi connectivity index (χ2v) is 7.13. The Kier molecular flexibility index (Phi) is 4.49. The van der Waals surface area contributed by atoms with Crippen molar-refractivity contribution in [3.8, 4) is 39.9 Å². The predicted octanol–water partition coefficient (Wildman–Crippen LogP) is 2.31. The van der Waals surface area contributed by atoms with Crippen molar-refractivity contribution < 1.29 is 24.8 Å². The minimum atomic E-state index is -0.513. The largest absolute Gasteiger partial charge is 0.507 e. The second kappa shape index (κ2) is 6.85. The normalized spacial score (nSPS) is 20.1. The quantitative estimate of drug-likeness (QED) is 0.549. The number of phenolic OH excluding ortho intramolecular Hbond substituents is 1. The summed E-state index contributed by atoms with van der Waals surface area (Å²) < 4.78 is 5.92. The summed E-state index contributed by atoms with van der Waals surface area (Å²) in [6.07, 6.45) is 0.652. The Bertz CT molecular complexity index is 1060. The number of hydrogen-bond acceptors (Lipinski definition) is 7. The van der Waals surface area contributed by atoms with E-state index in [-0.39, 0.29) is 52.4 Å². The van der Waals surface area contributed by atoms with Crippen LogP contribution in [0.1, 0.15) is 17.9 Å². The molecule has 2 atom stereocenters. The molecule has 2 heterocycles. The summed E-state index contributed by atoms with van der Waals surface area (Å²) >= 11 is 0. The zero-order chi connectivity index (χ0) is 20.0. The Morgan fingerprint density at radius 1 is 1.04 bits per heavy atom. The molecule has 4 rings (SSSR count). The molecule has 7 heteroatoms. The summed E-state index contributed by atoms with van der Waals surface area (Å²) in [5.41, 5.74) is 0.496. The van der Waals surface area contributed by atoms with E-state index in [2.05, 4.69) is 0 Å². The van der Waals surface area contributed by atoms with Crippen LogP contribution in [0.2, 0.25) is 0 Å². The monoisotopic (exact) mass is 383 g/mol. The van der Waals surface area contributed by atoms with Crippen molar-refractivity contribution in [1.29, 1.82) is 0 Å². The van der Waals surface area contributed by atoms with E-state index in [9.17, 15) is 25.2 Å². The molecule has 1 aromatic carbocycles. The highest BCUT2D eigenvalue weighted by Crippen LogP contribution is 2.49. The number of likely N-dealkylation sites (N-methyl/N-ethyl adjacent to an activating group) is 1. The lowest BCUT2D eigenvalue weighted by molar-refractivity contribution is 0.172. The second-order valence-electron chi connectivity index (χ2n) is 7.13. The van der Waals surface area contributed by atoms with Crippen LogP contribution in [0.5, 0.6) is 17.2 Å². The van der Waals surface area contributed by atoms with E-state index >= 15 is 0 Å². The first-order chi connectivity index (χ1) is 13.4. The average molecular weight is 383 g/mol. The van der Waals surface area contributed by atoms with Gasteiger partial charge in [-0.2, -0.15) is 0 Å². The Morgan fingerprint density at radius 3 is 2.50 bits per heavy atom. The maximum atomic E-state index is 12.7. The molecular weight excluding hydrogens is 362 g/mol. The van der Waals surface area contributed by atoms with Gasteiger partial charge in [0.25, 0.3) is 0 Å². The number of aliphatic hydroxyl groups is 1. The van der Waals surface area contributed by atoms with Gasteiger partial charge in [0.05, 0.1) is 17.7 Å². The number of benzene rings is 2. The van der Waals surface area contributed by atoms with E-state index in [0.717, 1.165) is 0 Å². The van der Waals surface area contributed by atoms with Gasteiger partial charge >= 0.3 is 0 Å². The molecule has 0 spiro atoms. The fourth-order valence-electron chi connectivity index (χ4n) is 4.07. The number of aromatic hydroxyl groups is 3. The first-order valence-corrected chi connectivity index (χ1v) is 9.05. The number of hydrogen-bond donors (Lipinski definition) is 4. The minimum absolute atomic E-state index is 0.118. The molecule has 1 saturated heterocycles. The lowest BCUT2D eigenvalue weighted by Gasteiger charge is -2.24. The number of aliphatic hydroxyl groups excluding tert-OH is 1. The number of phenols is 1. The number of rotatable bonds is 3. The highest BCUT2D eigenvalue weighted by Gasteiger charge is 2.37. The maximum absolute atomic E-state index is 12.7. The molecule has 146 valence electrons. The first kappa shape index (κ1) is 18.3. The highest BCUT2D eigenvalue weighted by atomic mass is 16.4. The van der Waals surface area contributed by atoms with E-state index in [0.29, 0.717) is 18.5 Å². The van der Waals surface area contributed by atoms with Crippen LogP contribution in [0.15, 0.2) is 45.6 Å². The Balaban J connectivity index is 2.01. The lowest BCUT2D eigenvalue weighted by atomic mass is 9.87. The van der Waals surface area contributed by atoms with E-state index in [1.54, 1.807) is 18.2 Å². The fraction of sp³-hybridized carbons (Fsp3) is 0.286. The van der Waals surface area contributed by atoms with Crippen LogP contribution >= 0.6 is 0 Å². The van der Waals surface area contributed by atoms with Crippen LogP contribution in [0.3, 0.4) is 0 Å². The van der Waals surface area contributed by atoms with Crippen molar-refractivity contribution in [3.63, 3.8) is 0 Å². The van der Waals surface area contributed by atoms with Crippen molar-refractivity contribution in [1.82, 2.24) is 4.90 Å². The van der Waals surface area contributed by atoms with Gasteiger partial charge in [0.1, 0.15) is 11.5 Å². The SMILES string of the molecule is CN1CCC(c2c3oc(-c4ccccc4O)c(O)c(O)c-3ccc2=O)C1CO. The van der Waals surface area contributed by atoms with Gasteiger partial charge in [-0.3, -0.25) is 4.79 Å². The number of para-hydroxylation sites is 1. The fourth-order valence-corrected chi connectivity index (χ4v) is 4.07. The van der Waals surface area contributed by atoms with Crippen LogP contribution in [0.25, 0.3) is 22.6 Å². The molecule has 1 aromatic rings. The van der Waals surface area contributed by atoms with E-state index in [1.165, 1.54) is 18.2 Å². The minimum Gasteiger partial charge on any atom is -0.507 e. The molecule has 0 aromatic heterocycles. The molecule has 2 aliphatic heterocycles. The maximum Gasteiger partial charge on any atom is 0.202 e. The molecule has 3 aliphatic rings. The van der Waals surface area contributed by atoms with Crippen LogP contribution in [-0.2, 0) is 0 Å². The average Bonchev–Trinajstić information content (AvgIpc) is 3.05. The van der Waals surface area contributed by atoms with Crippen molar-refractivity contribution in [2.75, 3.05) is 20.2 Å². The predicted molar refractivity (Wildman–Crippen MR) is 103 cm³/mol. The van der Waals surface area contributed by atoms with Gasteiger partial charge in [0, 0.05) is 17.5 Å². The van der Waals surface area contributed by atoms with Gasteiger partial charge in [-0.15, -0.1) is 0 Å². The molecule has 4 N–H and O–H groups in total. The van der Waals surface area contributed by atoms with Crippen LogP contribution < -0.4 is 5.43 Å². The van der Waals surface area contributed by atoms with Gasteiger partial charge < -0.3 is 29.7 Å². The third kappa shape index (κ3) is 2.71. The summed E-state index contributed by atoms with van der Waals surface area (Å²) in [6.45, 7) is 0.593. The molecule has 1 fully saturated rings. The standard InChI is InChI=1S/C21H21NO6/c1-22-9-8-11(14(22)10-23)17-16(25)7-6-13-18(26)19(27)21(28-20(13)17)12-4-2-3-5-15(12)24/h2-7,11,14,23-24,26-27H,8-10H2,1H3. The Morgan fingerprint density at radius 2 is 1.79 bits per heavy atom. The Hall–Kier alpha value is -3.03. The van der Waals surface area contributed by atoms with Crippen LogP contribution in [-0.4, -0.2) is 51.6 Å². The lowest BCUT2D eigenvalue weighted by Crippen LogP contribution is -2.33. The van der Waals surface area contributed by atoms with Crippen molar-refractivity contribution in [2.45, 2.75) is 18.4 Å². The molecule has 0 radical (unpaired) electrons. The van der Waals surface area contributed by atoms with Crippen molar-refractivity contribution in [3.05, 3.63) is 52.2 Å². The summed E-state index contributed by atoms with van der Waals surface area (Å²) in [6, 6.07) is 8.74. The zero-order valence-electron chi connectivity index (χ0n) is 15.3. The summed E-state index contributed by atoms with van der Waals surface area (Å²) in [4.78, 5) is 14.7. The molecular formula is C21H21NO6. The Labute approximate surface area is 161 Å². The van der Waals surface area contributed by atoms with Gasteiger partial charge in [-0.1, -0.05) is 12.1 Å². The highest BCUT2D eigenvalue weighted by molar-refractivity contribution is 5.81.